The molecule has 0 heterocycles. The molecule has 0 amide bonds. The molecular weight excluding hydrogens is 974 g/mol. The summed E-state index contributed by atoms with van der Waals surface area (Å²) in [6, 6.07) is 27.4. The van der Waals surface area contributed by atoms with Gasteiger partial charge in [-0.3, -0.25) is 0 Å². The average Bonchev–Trinajstić information content (AvgIpc) is 3.68. The molecule has 0 nitrogen and oxygen atoms in total. The third-order valence-electron chi connectivity index (χ3n) is 11.2. The Labute approximate surface area is 338 Å². The molecule has 0 fully saturated rings. The van der Waals surface area contributed by atoms with Gasteiger partial charge in [0.25, 0.3) is 0 Å². The zero-order valence-electron chi connectivity index (χ0n) is 32.9. The first-order valence-corrected chi connectivity index (χ1v) is 35.0. The molecule has 0 bridgehead atoms. The Bertz CT molecular complexity index is 2040. The van der Waals surface area contributed by atoms with Crippen LogP contribution in [0.25, 0.3) is 11.1 Å². The fraction of sp³-hybridized carbons (Fsp3) is 0.383. The van der Waals surface area contributed by atoms with Gasteiger partial charge in [0.1, 0.15) is 0 Å². The van der Waals surface area contributed by atoms with Crippen molar-refractivity contribution in [2.24, 2.45) is 0 Å². The summed E-state index contributed by atoms with van der Waals surface area (Å²) in [7, 11) is 18.0. The van der Waals surface area contributed by atoms with E-state index in [4.69, 9.17) is 17.2 Å². The van der Waals surface area contributed by atoms with E-state index in [0.29, 0.717) is 0 Å². The molecule has 52 heavy (non-hydrogen) atoms. The quantitative estimate of drug-likeness (QED) is 0.179. The molecule has 0 saturated carbocycles. The van der Waals surface area contributed by atoms with Gasteiger partial charge >= 0.3 is 342 Å². The predicted molar refractivity (Wildman–Crippen MR) is 234 cm³/mol. The van der Waals surface area contributed by atoms with Gasteiger partial charge in [0.2, 0.25) is 0 Å². The van der Waals surface area contributed by atoms with Crippen LogP contribution >= 0.6 is 49.0 Å². The molecule has 0 N–H and O–H groups in total. The molecule has 0 spiro atoms. The molecule has 0 radical (unpaired) electrons. The van der Waals surface area contributed by atoms with Gasteiger partial charge in [0, 0.05) is 0 Å². The first-order chi connectivity index (χ1) is 23.8. The van der Waals surface area contributed by atoms with E-state index in [9.17, 15) is 0 Å². The van der Waals surface area contributed by atoms with E-state index in [0.717, 1.165) is 23.3 Å². The molecule has 5 heteroatoms. The SMILES string of the molecule is CC(C)(C)c1cc2c(cc1C(C)(C)C)[CH]([Hf]([Cl])([Cl])(=[C](c1ccc(Br)cc1)c1ccc(Br)cc1)[CH]1C=CC=C1)c1cc(C(C)(C)C)c(C(C)(C)C)cc1-2. The molecule has 0 saturated heterocycles. The van der Waals surface area contributed by atoms with E-state index in [1.165, 1.54) is 44.5 Å². The second kappa shape index (κ2) is 13.4. The normalized spacial score (nSPS) is 15.7. The number of rotatable bonds is 4. The monoisotopic (exact) mass is 1030 g/mol. The van der Waals surface area contributed by atoms with E-state index >= 15 is 0 Å². The van der Waals surface area contributed by atoms with Crippen LogP contribution in [-0.4, -0.2) is 3.26 Å². The summed E-state index contributed by atoms with van der Waals surface area (Å²) in [5.74, 6) is 0. The first-order valence-electron chi connectivity index (χ1n) is 18.5. The summed E-state index contributed by atoms with van der Waals surface area (Å²) >= 11 is 1.68. The number of fused-ring (bicyclic) bond motifs is 3. The van der Waals surface area contributed by atoms with Crippen molar-refractivity contribution in [3.05, 3.63) is 151 Å². The van der Waals surface area contributed by atoms with Crippen molar-refractivity contribution < 1.29 is 15.7 Å². The van der Waals surface area contributed by atoms with Gasteiger partial charge in [-0.2, -0.15) is 0 Å². The van der Waals surface area contributed by atoms with Crippen LogP contribution in [0.3, 0.4) is 0 Å². The molecule has 0 unspecified atom stereocenters. The first kappa shape index (κ1) is 40.3. The average molecular weight is 1030 g/mol. The molecular formula is C47H54Br2Cl2Hf. The van der Waals surface area contributed by atoms with Gasteiger partial charge in [0.15, 0.2) is 0 Å². The van der Waals surface area contributed by atoms with Crippen LogP contribution in [0, 0.1) is 0 Å². The number of halogens is 4. The third-order valence-corrected chi connectivity index (χ3v) is 40.3. The fourth-order valence-corrected chi connectivity index (χ4v) is 36.9. The molecule has 4 aromatic carbocycles. The summed E-state index contributed by atoms with van der Waals surface area (Å²) < 4.78 is 2.85. The minimum atomic E-state index is -5.75. The van der Waals surface area contributed by atoms with Crippen LogP contribution in [0.5, 0.6) is 0 Å². The molecule has 0 aliphatic heterocycles. The Balaban J connectivity index is 1.92. The number of hydrogen-bond acceptors (Lipinski definition) is 0. The van der Waals surface area contributed by atoms with Crippen molar-refractivity contribution in [1.29, 1.82) is 0 Å². The van der Waals surface area contributed by atoms with Crippen LogP contribution in [0.15, 0.2) is 106 Å². The van der Waals surface area contributed by atoms with Crippen molar-refractivity contribution in [2.45, 2.75) is 112 Å². The number of benzene rings is 4. The Morgan fingerprint density at radius 3 is 1.12 bits per heavy atom. The molecule has 6 rings (SSSR count). The van der Waals surface area contributed by atoms with Crippen molar-refractivity contribution in [3.63, 3.8) is 0 Å². The van der Waals surface area contributed by atoms with Gasteiger partial charge in [-0.25, -0.2) is 0 Å². The topological polar surface area (TPSA) is 0 Å². The van der Waals surface area contributed by atoms with E-state index < -0.39 is 15.7 Å². The van der Waals surface area contributed by atoms with Crippen molar-refractivity contribution in [1.82, 2.24) is 0 Å². The van der Waals surface area contributed by atoms with Crippen LogP contribution in [0.1, 0.15) is 131 Å². The fourth-order valence-electron chi connectivity index (χ4n) is 8.64. The van der Waals surface area contributed by atoms with E-state index in [1.54, 1.807) is 0 Å². The summed E-state index contributed by atoms with van der Waals surface area (Å²) in [5.41, 5.74) is 12.5. The molecule has 2 aliphatic rings. The van der Waals surface area contributed by atoms with Gasteiger partial charge in [-0.1, -0.05) is 0 Å². The van der Waals surface area contributed by atoms with Crippen molar-refractivity contribution in [2.75, 3.05) is 0 Å². The Kier molecular flexibility index (Phi) is 10.4. The minimum absolute atomic E-state index is 0.0576. The van der Waals surface area contributed by atoms with Crippen molar-refractivity contribution in [3.8, 4) is 11.1 Å². The Morgan fingerprint density at radius 1 is 0.500 bits per heavy atom. The maximum absolute atomic E-state index is 8.99. The van der Waals surface area contributed by atoms with Gasteiger partial charge in [-0.15, -0.1) is 0 Å². The van der Waals surface area contributed by atoms with E-state index in [1.807, 2.05) is 0 Å². The summed E-state index contributed by atoms with van der Waals surface area (Å²) in [4.78, 5) is 0. The van der Waals surface area contributed by atoms with Crippen LogP contribution in [0.2, 0.25) is 3.67 Å². The van der Waals surface area contributed by atoms with Gasteiger partial charge in [0.05, 0.1) is 0 Å². The summed E-state index contributed by atoms with van der Waals surface area (Å²) in [6.07, 6.45) is 8.87. The van der Waals surface area contributed by atoms with Crippen LogP contribution in [-0.2, 0) is 37.3 Å². The molecule has 0 atom stereocenters. The van der Waals surface area contributed by atoms with Gasteiger partial charge < -0.3 is 0 Å². The second-order valence-corrected chi connectivity index (χ2v) is 50.5. The van der Waals surface area contributed by atoms with Crippen molar-refractivity contribution >= 4 is 52.3 Å². The number of allylic oxidation sites excluding steroid dienone is 4. The third kappa shape index (κ3) is 6.99. The van der Waals surface area contributed by atoms with Gasteiger partial charge in [-0.05, 0) is 0 Å². The maximum atomic E-state index is 8.99. The molecule has 0 aromatic heterocycles. The molecule has 4 aromatic rings. The zero-order valence-corrected chi connectivity index (χ0v) is 41.2. The van der Waals surface area contributed by atoms with E-state index in [-0.39, 0.29) is 29.0 Å². The standard InChI is InChI=1S/C29H41.C13H8Br2.C5H5.2ClH.Hf/c1-26(2,3)22-14-18-13-19-15-23(27(4,5)6)25(29(10,11)12)17-21(19)20(18)16-24(22)28(7,8)9;14-12-5-1-10(2-6-12)9-11-3-7-13(15)8-4-11;1-2-4-5-3-1;;;/h13-17H,1-12H3;1-8H;1-5H;2*1H;/q;;;;;+2/p-2. The molecule has 274 valence electrons. The number of hydrogen-bond donors (Lipinski definition) is 0. The molecule has 2 aliphatic carbocycles. The van der Waals surface area contributed by atoms with Crippen LogP contribution < -0.4 is 0 Å². The second-order valence-electron chi connectivity index (χ2n) is 19.2. The Morgan fingerprint density at radius 2 is 0.808 bits per heavy atom. The summed E-state index contributed by atoms with van der Waals surface area (Å²) in [6.45, 7) is 28.1. The van der Waals surface area contributed by atoms with Crippen LogP contribution in [0.4, 0.5) is 0 Å². The Hall–Kier alpha value is -1.36. The summed E-state index contributed by atoms with van der Waals surface area (Å²) in [5, 5.41) is 0. The zero-order chi connectivity index (χ0) is 38.4. The van der Waals surface area contributed by atoms with E-state index in [2.05, 4.69) is 212 Å². The predicted octanol–water partition coefficient (Wildman–Crippen LogP) is 15.7.